The first kappa shape index (κ1) is 11.6. The van der Waals surface area contributed by atoms with Gasteiger partial charge in [-0.25, -0.2) is 0 Å². The molecule has 4 heteroatoms. The molecule has 2 atom stereocenters. The first-order valence-electron chi connectivity index (χ1n) is 5.12. The van der Waals surface area contributed by atoms with E-state index in [0.29, 0.717) is 5.92 Å². The molecular formula is C10H18N2OS. The predicted molar refractivity (Wildman–Crippen MR) is 58.3 cm³/mol. The normalized spacial score (nSPS) is 15.4. The van der Waals surface area contributed by atoms with Gasteiger partial charge in [-0.05, 0) is 30.8 Å². The van der Waals surface area contributed by atoms with Crippen molar-refractivity contribution in [2.45, 2.75) is 46.1 Å². The van der Waals surface area contributed by atoms with Crippen molar-refractivity contribution in [1.82, 2.24) is 9.59 Å². The maximum atomic E-state index is 9.92. The van der Waals surface area contributed by atoms with Gasteiger partial charge in [-0.3, -0.25) is 0 Å². The Kier molecular flexibility index (Phi) is 4.48. The lowest BCUT2D eigenvalue weighted by molar-refractivity contribution is 0.148. The summed E-state index contributed by atoms with van der Waals surface area (Å²) in [6, 6.07) is 0. The minimum absolute atomic E-state index is 0.378. The Labute approximate surface area is 89.3 Å². The monoisotopic (exact) mass is 214 g/mol. The molecule has 0 aliphatic carbocycles. The topological polar surface area (TPSA) is 46.0 Å². The summed E-state index contributed by atoms with van der Waals surface area (Å²) in [5.41, 5.74) is 0.867. The standard InChI is InChI=1S/C10H18N2OS/c1-4-5-7(2)6-9(13)10-8(3)11-12-14-10/h7,9,13H,4-6H2,1-3H3. The van der Waals surface area contributed by atoms with Crippen LogP contribution in [-0.4, -0.2) is 14.7 Å². The predicted octanol–water partition coefficient (Wildman–Crippen LogP) is 2.71. The summed E-state index contributed by atoms with van der Waals surface area (Å²) < 4.78 is 3.83. The molecule has 14 heavy (non-hydrogen) atoms. The van der Waals surface area contributed by atoms with E-state index >= 15 is 0 Å². The number of aromatic nitrogens is 2. The third-order valence-electron chi connectivity index (χ3n) is 2.40. The van der Waals surface area contributed by atoms with E-state index < -0.39 is 0 Å². The molecule has 1 N–H and O–H groups in total. The third-order valence-corrected chi connectivity index (χ3v) is 3.32. The Morgan fingerprint density at radius 1 is 1.50 bits per heavy atom. The molecule has 2 unspecified atom stereocenters. The highest BCUT2D eigenvalue weighted by Crippen LogP contribution is 2.27. The molecule has 1 heterocycles. The molecule has 0 spiro atoms. The van der Waals surface area contributed by atoms with Gasteiger partial charge in [0, 0.05) is 0 Å². The number of aliphatic hydroxyl groups is 1. The van der Waals surface area contributed by atoms with E-state index in [4.69, 9.17) is 0 Å². The fourth-order valence-corrected chi connectivity index (χ4v) is 2.28. The summed E-state index contributed by atoms with van der Waals surface area (Å²) >= 11 is 1.31. The van der Waals surface area contributed by atoms with Gasteiger partial charge in [-0.2, -0.15) is 0 Å². The van der Waals surface area contributed by atoms with Gasteiger partial charge in [0.15, 0.2) is 0 Å². The number of aryl methyl sites for hydroxylation is 1. The molecule has 80 valence electrons. The SMILES string of the molecule is CCCC(C)CC(O)c1snnc1C. The summed E-state index contributed by atoms with van der Waals surface area (Å²) in [6.07, 6.45) is 2.78. The van der Waals surface area contributed by atoms with Crippen LogP contribution in [0.5, 0.6) is 0 Å². The van der Waals surface area contributed by atoms with Crippen molar-refractivity contribution >= 4 is 11.5 Å². The van der Waals surface area contributed by atoms with Crippen LogP contribution in [-0.2, 0) is 0 Å². The van der Waals surface area contributed by atoms with Crippen LogP contribution in [0.15, 0.2) is 0 Å². The molecule has 1 aromatic rings. The summed E-state index contributed by atoms with van der Waals surface area (Å²) in [6.45, 7) is 6.24. The molecule has 0 aliphatic heterocycles. The summed E-state index contributed by atoms with van der Waals surface area (Å²) in [5, 5.41) is 13.8. The van der Waals surface area contributed by atoms with E-state index in [2.05, 4.69) is 23.4 Å². The minimum atomic E-state index is -0.378. The zero-order chi connectivity index (χ0) is 10.6. The van der Waals surface area contributed by atoms with Crippen LogP contribution in [0.25, 0.3) is 0 Å². The highest BCUT2D eigenvalue weighted by atomic mass is 32.1. The Morgan fingerprint density at radius 2 is 2.21 bits per heavy atom. The fraction of sp³-hybridized carbons (Fsp3) is 0.800. The second-order valence-electron chi connectivity index (χ2n) is 3.87. The van der Waals surface area contributed by atoms with Crippen molar-refractivity contribution in [3.63, 3.8) is 0 Å². The average molecular weight is 214 g/mol. The van der Waals surface area contributed by atoms with Gasteiger partial charge in [0.25, 0.3) is 0 Å². The number of hydrogen-bond donors (Lipinski definition) is 1. The first-order valence-corrected chi connectivity index (χ1v) is 5.89. The van der Waals surface area contributed by atoms with E-state index in [-0.39, 0.29) is 6.10 Å². The van der Waals surface area contributed by atoms with Crippen molar-refractivity contribution in [2.75, 3.05) is 0 Å². The van der Waals surface area contributed by atoms with Crippen molar-refractivity contribution in [3.8, 4) is 0 Å². The molecule has 3 nitrogen and oxygen atoms in total. The smallest absolute Gasteiger partial charge is 0.0919 e. The van der Waals surface area contributed by atoms with Gasteiger partial charge < -0.3 is 5.11 Å². The maximum Gasteiger partial charge on any atom is 0.0919 e. The Balaban J connectivity index is 2.50. The van der Waals surface area contributed by atoms with E-state index in [9.17, 15) is 5.11 Å². The first-order chi connectivity index (χ1) is 6.65. The van der Waals surface area contributed by atoms with E-state index in [0.717, 1.165) is 17.0 Å². The van der Waals surface area contributed by atoms with Crippen LogP contribution in [0.3, 0.4) is 0 Å². The van der Waals surface area contributed by atoms with Crippen LogP contribution >= 0.6 is 11.5 Å². The zero-order valence-electron chi connectivity index (χ0n) is 9.03. The molecule has 0 aliphatic rings. The summed E-state index contributed by atoms with van der Waals surface area (Å²) in [7, 11) is 0. The molecule has 1 rings (SSSR count). The minimum Gasteiger partial charge on any atom is -0.387 e. The molecule has 1 aromatic heterocycles. The van der Waals surface area contributed by atoms with Crippen molar-refractivity contribution in [3.05, 3.63) is 10.6 Å². The van der Waals surface area contributed by atoms with Gasteiger partial charge in [-0.1, -0.05) is 31.2 Å². The second kappa shape index (κ2) is 5.41. The number of hydrogen-bond acceptors (Lipinski definition) is 4. The molecular weight excluding hydrogens is 196 g/mol. The van der Waals surface area contributed by atoms with Gasteiger partial charge in [0.05, 0.1) is 16.7 Å². The van der Waals surface area contributed by atoms with Gasteiger partial charge in [0.2, 0.25) is 0 Å². The quantitative estimate of drug-likeness (QED) is 0.819. The highest BCUT2D eigenvalue weighted by Gasteiger charge is 2.16. The Morgan fingerprint density at radius 3 is 2.71 bits per heavy atom. The largest absolute Gasteiger partial charge is 0.387 e. The van der Waals surface area contributed by atoms with E-state index in [1.807, 2.05) is 6.92 Å². The van der Waals surface area contributed by atoms with Crippen LogP contribution in [0.4, 0.5) is 0 Å². The zero-order valence-corrected chi connectivity index (χ0v) is 9.84. The lowest BCUT2D eigenvalue weighted by Crippen LogP contribution is -2.04. The van der Waals surface area contributed by atoms with Crippen LogP contribution in [0.1, 0.15) is 49.8 Å². The van der Waals surface area contributed by atoms with Crippen molar-refractivity contribution in [1.29, 1.82) is 0 Å². The number of aliphatic hydroxyl groups excluding tert-OH is 1. The molecule has 0 bridgehead atoms. The molecule has 0 radical (unpaired) electrons. The molecule has 0 fully saturated rings. The summed E-state index contributed by atoms with van der Waals surface area (Å²) in [5.74, 6) is 0.566. The number of nitrogens with zero attached hydrogens (tertiary/aromatic N) is 2. The molecule has 0 saturated carbocycles. The van der Waals surface area contributed by atoms with E-state index in [1.165, 1.54) is 24.4 Å². The molecule has 0 aromatic carbocycles. The highest BCUT2D eigenvalue weighted by molar-refractivity contribution is 7.05. The van der Waals surface area contributed by atoms with E-state index in [1.54, 1.807) is 0 Å². The Bertz CT molecular complexity index is 275. The van der Waals surface area contributed by atoms with Gasteiger partial charge in [-0.15, -0.1) is 5.10 Å². The van der Waals surface area contributed by atoms with Crippen LogP contribution in [0, 0.1) is 12.8 Å². The van der Waals surface area contributed by atoms with Gasteiger partial charge in [0.1, 0.15) is 0 Å². The fourth-order valence-electron chi connectivity index (χ4n) is 1.64. The lowest BCUT2D eigenvalue weighted by atomic mass is 9.98. The Hall–Kier alpha value is -0.480. The van der Waals surface area contributed by atoms with Crippen molar-refractivity contribution < 1.29 is 5.11 Å². The van der Waals surface area contributed by atoms with Crippen molar-refractivity contribution in [2.24, 2.45) is 5.92 Å². The lowest BCUT2D eigenvalue weighted by Gasteiger charge is -2.14. The van der Waals surface area contributed by atoms with Crippen LogP contribution < -0.4 is 0 Å². The second-order valence-corrected chi connectivity index (χ2v) is 4.65. The third kappa shape index (κ3) is 3.03. The van der Waals surface area contributed by atoms with Gasteiger partial charge >= 0.3 is 0 Å². The average Bonchev–Trinajstić information content (AvgIpc) is 2.51. The number of rotatable bonds is 5. The molecule has 0 amide bonds. The summed E-state index contributed by atoms with van der Waals surface area (Å²) in [4.78, 5) is 0.924. The van der Waals surface area contributed by atoms with Crippen LogP contribution in [0.2, 0.25) is 0 Å². The maximum absolute atomic E-state index is 9.92. The molecule has 0 saturated heterocycles.